The predicted octanol–water partition coefficient (Wildman–Crippen LogP) is 0.412. The van der Waals surface area contributed by atoms with Crippen LogP contribution >= 0.6 is 0 Å². The lowest BCUT2D eigenvalue weighted by Gasteiger charge is -2.30. The highest BCUT2D eigenvalue weighted by molar-refractivity contribution is 5.66. The van der Waals surface area contributed by atoms with Crippen LogP contribution in [0.15, 0.2) is 12.2 Å². The van der Waals surface area contributed by atoms with E-state index in [1.807, 2.05) is 0 Å². The van der Waals surface area contributed by atoms with Crippen LogP contribution in [-0.2, 0) is 28.5 Å². The van der Waals surface area contributed by atoms with Gasteiger partial charge in [-0.3, -0.25) is 9.59 Å². The molecule has 0 saturated heterocycles. The maximum absolute atomic E-state index is 11.0. The molecule has 1 unspecified atom stereocenters. The number of ether oxygens (including phenoxy) is 4. The van der Waals surface area contributed by atoms with Gasteiger partial charge in [-0.1, -0.05) is 5.92 Å². The van der Waals surface area contributed by atoms with Gasteiger partial charge in [0, 0.05) is 13.8 Å². The first-order valence-electron chi connectivity index (χ1n) is 5.72. The molecule has 0 bridgehead atoms. The van der Waals surface area contributed by atoms with E-state index in [-0.39, 0.29) is 13.2 Å². The summed E-state index contributed by atoms with van der Waals surface area (Å²) in [5.74, 6) is 1.42. The molecule has 1 aliphatic heterocycles. The molecular formula is C13H16O6. The summed E-state index contributed by atoms with van der Waals surface area (Å²) in [7, 11) is 0. The fourth-order valence-electron chi connectivity index (χ4n) is 1.48. The van der Waals surface area contributed by atoms with Crippen LogP contribution in [-0.4, -0.2) is 43.7 Å². The van der Waals surface area contributed by atoms with Gasteiger partial charge in [-0.05, 0) is 12.2 Å². The highest BCUT2D eigenvalue weighted by Crippen LogP contribution is 2.17. The molecule has 6 nitrogen and oxygen atoms in total. The van der Waals surface area contributed by atoms with Gasteiger partial charge in [0.15, 0.2) is 6.29 Å². The zero-order chi connectivity index (χ0) is 14.3. The van der Waals surface area contributed by atoms with E-state index in [4.69, 9.17) is 25.4 Å². The van der Waals surface area contributed by atoms with Crippen molar-refractivity contribution in [2.24, 2.45) is 0 Å². The predicted molar refractivity (Wildman–Crippen MR) is 64.8 cm³/mol. The topological polar surface area (TPSA) is 71.1 Å². The van der Waals surface area contributed by atoms with Crippen molar-refractivity contribution < 1.29 is 28.5 Å². The second kappa shape index (κ2) is 7.56. The molecule has 3 atom stereocenters. The first-order chi connectivity index (χ1) is 9.02. The summed E-state index contributed by atoms with van der Waals surface area (Å²) >= 11 is 0. The van der Waals surface area contributed by atoms with Crippen molar-refractivity contribution in [3.63, 3.8) is 0 Å². The van der Waals surface area contributed by atoms with E-state index in [1.54, 1.807) is 12.2 Å². The smallest absolute Gasteiger partial charge is 0.303 e. The van der Waals surface area contributed by atoms with Gasteiger partial charge in [0.1, 0.15) is 25.4 Å². The first-order valence-corrected chi connectivity index (χ1v) is 5.72. The molecule has 0 amide bonds. The number of hydrogen-bond donors (Lipinski definition) is 0. The Morgan fingerprint density at radius 1 is 1.32 bits per heavy atom. The summed E-state index contributed by atoms with van der Waals surface area (Å²) in [5, 5.41) is 0. The Morgan fingerprint density at radius 3 is 2.63 bits per heavy atom. The van der Waals surface area contributed by atoms with Gasteiger partial charge in [-0.15, -0.1) is 6.42 Å². The molecule has 0 aliphatic carbocycles. The lowest BCUT2D eigenvalue weighted by Crippen LogP contribution is -2.42. The standard InChI is InChI=1S/C13H16O6/c1-4-7-16-13-6-5-11(18-10(3)15)12(19-13)8-17-9(2)14/h1,5-6,11-13H,7-8H2,2-3H3/t11-,12?,13-/m0/s1. The van der Waals surface area contributed by atoms with Crippen LogP contribution in [0, 0.1) is 12.3 Å². The largest absolute Gasteiger partial charge is 0.463 e. The molecule has 19 heavy (non-hydrogen) atoms. The van der Waals surface area contributed by atoms with Crippen molar-refractivity contribution in [2.45, 2.75) is 32.3 Å². The fourth-order valence-corrected chi connectivity index (χ4v) is 1.48. The summed E-state index contributed by atoms with van der Waals surface area (Å²) in [6, 6.07) is 0. The molecule has 0 aromatic carbocycles. The van der Waals surface area contributed by atoms with Crippen molar-refractivity contribution in [2.75, 3.05) is 13.2 Å². The van der Waals surface area contributed by atoms with Crippen LogP contribution in [0.4, 0.5) is 0 Å². The number of carbonyl (C=O) groups excluding carboxylic acids is 2. The molecule has 1 heterocycles. The van der Waals surface area contributed by atoms with Crippen molar-refractivity contribution in [1.29, 1.82) is 0 Å². The molecule has 0 fully saturated rings. The van der Waals surface area contributed by atoms with Crippen LogP contribution in [0.2, 0.25) is 0 Å². The van der Waals surface area contributed by atoms with Crippen LogP contribution in [0.5, 0.6) is 0 Å². The van der Waals surface area contributed by atoms with E-state index in [1.165, 1.54) is 13.8 Å². The average molecular weight is 268 g/mol. The van der Waals surface area contributed by atoms with E-state index >= 15 is 0 Å². The zero-order valence-corrected chi connectivity index (χ0v) is 10.8. The number of carbonyl (C=O) groups is 2. The zero-order valence-electron chi connectivity index (χ0n) is 10.8. The summed E-state index contributed by atoms with van der Waals surface area (Å²) in [5.41, 5.74) is 0. The van der Waals surface area contributed by atoms with E-state index in [0.29, 0.717) is 0 Å². The molecule has 1 aliphatic rings. The summed E-state index contributed by atoms with van der Waals surface area (Å²) in [6.45, 7) is 2.63. The minimum absolute atomic E-state index is 0.0342. The molecule has 0 N–H and O–H groups in total. The first kappa shape index (κ1) is 15.2. The van der Waals surface area contributed by atoms with E-state index in [0.717, 1.165) is 0 Å². The van der Waals surface area contributed by atoms with Gasteiger partial charge < -0.3 is 18.9 Å². The molecule has 0 saturated carbocycles. The fraction of sp³-hybridized carbons (Fsp3) is 0.538. The third-order valence-corrected chi connectivity index (χ3v) is 2.22. The van der Waals surface area contributed by atoms with Gasteiger partial charge in [-0.25, -0.2) is 0 Å². The van der Waals surface area contributed by atoms with Gasteiger partial charge in [-0.2, -0.15) is 0 Å². The number of rotatable bonds is 5. The maximum Gasteiger partial charge on any atom is 0.303 e. The Morgan fingerprint density at radius 2 is 2.05 bits per heavy atom. The second-order valence-corrected chi connectivity index (χ2v) is 3.82. The summed E-state index contributed by atoms with van der Waals surface area (Å²) < 4.78 is 20.6. The quantitative estimate of drug-likeness (QED) is 0.408. The molecule has 6 heteroatoms. The van der Waals surface area contributed by atoms with E-state index in [9.17, 15) is 9.59 Å². The van der Waals surface area contributed by atoms with Gasteiger partial charge >= 0.3 is 11.9 Å². The molecule has 0 radical (unpaired) electrons. The lowest BCUT2D eigenvalue weighted by molar-refractivity contribution is -0.193. The third kappa shape index (κ3) is 5.55. The van der Waals surface area contributed by atoms with Crippen LogP contribution < -0.4 is 0 Å². The lowest BCUT2D eigenvalue weighted by atomic mass is 10.1. The molecule has 0 aromatic heterocycles. The highest BCUT2D eigenvalue weighted by Gasteiger charge is 2.30. The molecule has 0 aromatic rings. The minimum Gasteiger partial charge on any atom is -0.463 e. The summed E-state index contributed by atoms with van der Waals surface area (Å²) in [6.07, 6.45) is 6.40. The van der Waals surface area contributed by atoms with E-state index < -0.39 is 30.4 Å². The van der Waals surface area contributed by atoms with Crippen LogP contribution in [0.3, 0.4) is 0 Å². The number of hydrogen-bond acceptors (Lipinski definition) is 6. The van der Waals surface area contributed by atoms with Crippen molar-refractivity contribution in [3.8, 4) is 12.3 Å². The van der Waals surface area contributed by atoms with Gasteiger partial charge in [0.25, 0.3) is 0 Å². The summed E-state index contributed by atoms with van der Waals surface area (Å²) in [4.78, 5) is 21.8. The Kier molecular flexibility index (Phi) is 6.06. The Bertz CT molecular complexity index is 394. The van der Waals surface area contributed by atoms with Crippen molar-refractivity contribution >= 4 is 11.9 Å². The SMILES string of the molecule is C#CCO[C@@H]1C=C[C@H](OC(C)=O)C(COC(C)=O)O1. The minimum atomic E-state index is -0.650. The van der Waals surface area contributed by atoms with E-state index in [2.05, 4.69) is 5.92 Å². The third-order valence-electron chi connectivity index (χ3n) is 2.22. The normalized spacial score (nSPS) is 25.4. The molecular weight excluding hydrogens is 252 g/mol. The van der Waals surface area contributed by atoms with Crippen molar-refractivity contribution in [3.05, 3.63) is 12.2 Å². The van der Waals surface area contributed by atoms with Gasteiger partial charge in [0.05, 0.1) is 0 Å². The molecule has 0 spiro atoms. The Balaban J connectivity index is 2.63. The van der Waals surface area contributed by atoms with Gasteiger partial charge in [0.2, 0.25) is 0 Å². The molecule has 104 valence electrons. The second-order valence-electron chi connectivity index (χ2n) is 3.82. The average Bonchev–Trinajstić information content (AvgIpc) is 2.35. The Labute approximate surface area is 111 Å². The number of terminal acetylenes is 1. The molecule has 1 rings (SSSR count). The Hall–Kier alpha value is -1.84. The van der Waals surface area contributed by atoms with Crippen LogP contribution in [0.25, 0.3) is 0 Å². The highest BCUT2D eigenvalue weighted by atomic mass is 16.7. The monoisotopic (exact) mass is 268 g/mol. The maximum atomic E-state index is 11.0. The number of esters is 2. The van der Waals surface area contributed by atoms with Crippen molar-refractivity contribution in [1.82, 2.24) is 0 Å². The van der Waals surface area contributed by atoms with Crippen LogP contribution in [0.1, 0.15) is 13.8 Å².